The molecule has 1 atom stereocenters. The van der Waals surface area contributed by atoms with E-state index in [1.54, 1.807) is 12.1 Å². The lowest BCUT2D eigenvalue weighted by Gasteiger charge is -2.28. The van der Waals surface area contributed by atoms with E-state index in [0.29, 0.717) is 43.3 Å². The van der Waals surface area contributed by atoms with E-state index in [1.165, 1.54) is 0 Å². The summed E-state index contributed by atoms with van der Waals surface area (Å²) in [5.41, 5.74) is 1.55. The summed E-state index contributed by atoms with van der Waals surface area (Å²) in [6.07, 6.45) is 1.86. The van der Waals surface area contributed by atoms with Crippen molar-refractivity contribution in [3.8, 4) is 0 Å². The number of benzene rings is 1. The molecule has 0 bridgehead atoms. The average Bonchev–Trinajstić information content (AvgIpc) is 3.23. The van der Waals surface area contributed by atoms with Crippen LogP contribution in [0, 0.1) is 0 Å². The maximum Gasteiger partial charge on any atom is 0.303 e. The molecule has 138 valence electrons. The molecule has 9 nitrogen and oxygen atoms in total. The average molecular weight is 360 g/mol. The fourth-order valence-corrected chi connectivity index (χ4v) is 3.20. The molecule has 1 aromatic heterocycles. The minimum absolute atomic E-state index is 0.0341. The van der Waals surface area contributed by atoms with Crippen molar-refractivity contribution >= 4 is 28.8 Å². The Morgan fingerprint density at radius 3 is 2.73 bits per heavy atom. The highest BCUT2D eigenvalue weighted by atomic mass is 16.6. The number of nitrogens with zero attached hydrogens (tertiary/aromatic N) is 2. The summed E-state index contributed by atoms with van der Waals surface area (Å²) >= 11 is 0. The molecule has 0 saturated carbocycles. The zero-order chi connectivity index (χ0) is 18.6. The lowest BCUT2D eigenvalue weighted by molar-refractivity contribution is -0.137. The Bertz CT molecular complexity index is 833. The van der Waals surface area contributed by atoms with Gasteiger partial charge >= 0.3 is 5.97 Å². The van der Waals surface area contributed by atoms with E-state index in [1.807, 2.05) is 6.07 Å². The number of rotatable bonds is 8. The van der Waals surface area contributed by atoms with Gasteiger partial charge in [-0.15, -0.1) is 0 Å². The second-order valence-electron chi connectivity index (χ2n) is 6.59. The Kier molecular flexibility index (Phi) is 5.15. The lowest BCUT2D eigenvalue weighted by atomic mass is 9.86. The normalized spacial score (nSPS) is 19.5. The highest BCUT2D eigenvalue weighted by molar-refractivity contribution is 5.80. The maximum absolute atomic E-state index is 12.2. The fourth-order valence-electron chi connectivity index (χ4n) is 3.20. The molecule has 1 saturated heterocycles. The van der Waals surface area contributed by atoms with Crippen LogP contribution in [0.4, 0.5) is 0 Å². The Balaban J connectivity index is 1.51. The molecule has 2 heterocycles. The van der Waals surface area contributed by atoms with Crippen molar-refractivity contribution in [1.29, 1.82) is 0 Å². The van der Waals surface area contributed by atoms with Gasteiger partial charge in [0.1, 0.15) is 11.0 Å². The number of nitrogens with one attached hydrogen (secondary N) is 2. The number of carbonyl (C=O) groups excluding carboxylic acids is 2. The summed E-state index contributed by atoms with van der Waals surface area (Å²) in [6, 6.07) is 5.39. The molecular formula is C17H20N4O5. The van der Waals surface area contributed by atoms with Crippen LogP contribution in [0.1, 0.15) is 44.1 Å². The van der Waals surface area contributed by atoms with E-state index < -0.39 is 11.5 Å². The van der Waals surface area contributed by atoms with Crippen molar-refractivity contribution in [1.82, 2.24) is 20.9 Å². The molecule has 9 heteroatoms. The summed E-state index contributed by atoms with van der Waals surface area (Å²) in [4.78, 5) is 34.6. The topological polar surface area (TPSA) is 134 Å². The summed E-state index contributed by atoms with van der Waals surface area (Å²) < 4.78 is 4.64. The molecule has 0 aliphatic carbocycles. The monoisotopic (exact) mass is 360 g/mol. The zero-order valence-electron chi connectivity index (χ0n) is 14.2. The van der Waals surface area contributed by atoms with Gasteiger partial charge in [0.15, 0.2) is 0 Å². The molecule has 0 unspecified atom stereocenters. The molecule has 1 aromatic carbocycles. The van der Waals surface area contributed by atoms with E-state index in [0.717, 1.165) is 5.56 Å². The second kappa shape index (κ2) is 7.51. The third-order valence-electron chi connectivity index (χ3n) is 4.69. The van der Waals surface area contributed by atoms with Gasteiger partial charge < -0.3 is 15.7 Å². The van der Waals surface area contributed by atoms with Crippen LogP contribution < -0.4 is 10.6 Å². The highest BCUT2D eigenvalue weighted by Crippen LogP contribution is 2.30. The van der Waals surface area contributed by atoms with Crippen LogP contribution in [-0.2, 0) is 20.9 Å². The zero-order valence-corrected chi connectivity index (χ0v) is 14.2. The van der Waals surface area contributed by atoms with Crippen LogP contribution in [0.25, 0.3) is 11.0 Å². The minimum Gasteiger partial charge on any atom is -0.481 e. The first-order valence-corrected chi connectivity index (χ1v) is 8.46. The van der Waals surface area contributed by atoms with E-state index in [9.17, 15) is 14.4 Å². The van der Waals surface area contributed by atoms with Gasteiger partial charge in [0, 0.05) is 31.3 Å². The molecule has 2 amide bonds. The molecule has 26 heavy (non-hydrogen) atoms. The Morgan fingerprint density at radius 1 is 1.23 bits per heavy atom. The molecule has 3 N–H and O–H groups in total. The molecule has 2 aromatic rings. The predicted molar refractivity (Wildman–Crippen MR) is 89.9 cm³/mol. The van der Waals surface area contributed by atoms with Gasteiger partial charge in [0.05, 0.1) is 0 Å². The van der Waals surface area contributed by atoms with E-state index in [-0.39, 0.29) is 24.7 Å². The van der Waals surface area contributed by atoms with Crippen LogP contribution in [-0.4, -0.2) is 38.7 Å². The number of amides is 2. The van der Waals surface area contributed by atoms with Crippen LogP contribution in [0.2, 0.25) is 0 Å². The summed E-state index contributed by atoms with van der Waals surface area (Å²) in [5, 5.41) is 22.1. The third kappa shape index (κ3) is 4.35. The van der Waals surface area contributed by atoms with Crippen LogP contribution >= 0.6 is 0 Å². The number of hydrogen-bond donors (Lipinski definition) is 3. The number of aromatic nitrogens is 2. The predicted octanol–water partition coefficient (Wildman–Crippen LogP) is 1.13. The Morgan fingerprint density at radius 2 is 2.00 bits per heavy atom. The maximum atomic E-state index is 12.2. The number of hydrogen-bond acceptors (Lipinski definition) is 6. The quantitative estimate of drug-likeness (QED) is 0.642. The summed E-state index contributed by atoms with van der Waals surface area (Å²) in [5.74, 6) is -1.16. The number of fused-ring (bicyclic) bond motifs is 1. The van der Waals surface area contributed by atoms with E-state index >= 15 is 0 Å². The Hall–Kier alpha value is -2.97. The smallest absolute Gasteiger partial charge is 0.303 e. The van der Waals surface area contributed by atoms with Crippen molar-refractivity contribution in [2.45, 2.75) is 50.6 Å². The first-order chi connectivity index (χ1) is 12.5. The van der Waals surface area contributed by atoms with Crippen molar-refractivity contribution in [3.05, 3.63) is 23.8 Å². The number of carboxylic acid groups (broad SMARTS) is 1. The van der Waals surface area contributed by atoms with Gasteiger partial charge in [-0.05, 0) is 47.3 Å². The molecular weight excluding hydrogens is 340 g/mol. The standard InChI is InChI=1S/C17H20N4O5/c22-14(18-10-11-1-2-12-13(9-11)21-26-20-12)3-6-17(8-5-16(24)25)7-4-15(23)19-17/h1-2,9H,3-8,10H2,(H,18,22)(H,19,23)(H,24,25)/t17-/m1/s1. The van der Waals surface area contributed by atoms with Gasteiger partial charge in [0.25, 0.3) is 0 Å². The molecule has 1 aliphatic rings. The van der Waals surface area contributed by atoms with Crippen molar-refractivity contribution in [3.63, 3.8) is 0 Å². The van der Waals surface area contributed by atoms with Crippen molar-refractivity contribution < 1.29 is 24.1 Å². The van der Waals surface area contributed by atoms with Crippen LogP contribution in [0.15, 0.2) is 22.8 Å². The molecule has 0 spiro atoms. The van der Waals surface area contributed by atoms with Crippen molar-refractivity contribution in [2.24, 2.45) is 0 Å². The third-order valence-corrected chi connectivity index (χ3v) is 4.69. The van der Waals surface area contributed by atoms with Crippen molar-refractivity contribution in [2.75, 3.05) is 0 Å². The van der Waals surface area contributed by atoms with Gasteiger partial charge in [-0.3, -0.25) is 14.4 Å². The first kappa shape index (κ1) is 17.8. The Labute approximate surface area is 149 Å². The SMILES string of the molecule is O=C(O)CC[C@@]1(CCC(=O)NCc2ccc3nonc3c2)CCC(=O)N1. The summed E-state index contributed by atoms with van der Waals surface area (Å²) in [7, 11) is 0. The lowest BCUT2D eigenvalue weighted by Crippen LogP contribution is -2.43. The first-order valence-electron chi connectivity index (χ1n) is 8.46. The van der Waals surface area contributed by atoms with E-state index in [4.69, 9.17) is 5.11 Å². The molecule has 3 rings (SSSR count). The van der Waals surface area contributed by atoms with Gasteiger partial charge in [-0.2, -0.15) is 0 Å². The number of aliphatic carboxylic acids is 1. The molecule has 1 aliphatic heterocycles. The van der Waals surface area contributed by atoms with Gasteiger partial charge in [-0.1, -0.05) is 6.07 Å². The van der Waals surface area contributed by atoms with Gasteiger partial charge in [-0.25, -0.2) is 4.63 Å². The second-order valence-corrected chi connectivity index (χ2v) is 6.59. The van der Waals surface area contributed by atoms with Crippen LogP contribution in [0.3, 0.4) is 0 Å². The molecule has 1 fully saturated rings. The van der Waals surface area contributed by atoms with Gasteiger partial charge in [0.2, 0.25) is 11.8 Å². The summed E-state index contributed by atoms with van der Waals surface area (Å²) in [6.45, 7) is 0.343. The van der Waals surface area contributed by atoms with Crippen LogP contribution in [0.5, 0.6) is 0 Å². The van der Waals surface area contributed by atoms with E-state index in [2.05, 4.69) is 25.6 Å². The largest absolute Gasteiger partial charge is 0.481 e. The highest BCUT2D eigenvalue weighted by Gasteiger charge is 2.37. The fraction of sp³-hybridized carbons (Fsp3) is 0.471. The minimum atomic E-state index is -0.910. The molecule has 0 radical (unpaired) electrons. The number of carboxylic acids is 1. The number of carbonyl (C=O) groups is 3.